The Morgan fingerprint density at radius 1 is 1.15 bits per heavy atom. The molecule has 1 aliphatic carbocycles. The maximum Gasteiger partial charge on any atom is 0.191 e. The molecule has 1 fully saturated rings. The summed E-state index contributed by atoms with van der Waals surface area (Å²) in [5.41, 5.74) is 2.70. The molecule has 3 rings (SSSR count). The van der Waals surface area contributed by atoms with Crippen molar-refractivity contribution < 1.29 is 9.47 Å². The third-order valence-electron chi connectivity index (χ3n) is 5.00. The summed E-state index contributed by atoms with van der Waals surface area (Å²) < 4.78 is 10.8. The van der Waals surface area contributed by atoms with Gasteiger partial charge in [-0.25, -0.2) is 0 Å². The van der Waals surface area contributed by atoms with Gasteiger partial charge in [0.15, 0.2) is 17.5 Å². The van der Waals surface area contributed by atoms with Crippen LogP contribution < -0.4 is 20.1 Å². The number of fused-ring (bicyclic) bond motifs is 1. The summed E-state index contributed by atoms with van der Waals surface area (Å²) in [5.74, 6) is 3.40. The molecule has 2 aliphatic rings. The highest BCUT2D eigenvalue weighted by molar-refractivity contribution is 14.0. The Balaban J connectivity index is 0.00000243. The highest BCUT2D eigenvalue weighted by Crippen LogP contribution is 2.33. The molecular weight excluding hydrogens is 443 g/mol. The number of nitrogens with zero attached hydrogens (tertiary/aromatic N) is 2. The lowest BCUT2D eigenvalue weighted by atomic mass is 9.99. The van der Waals surface area contributed by atoms with Gasteiger partial charge in [-0.1, -0.05) is 0 Å². The van der Waals surface area contributed by atoms with Gasteiger partial charge in [-0.05, 0) is 48.4 Å². The minimum absolute atomic E-state index is 0. The van der Waals surface area contributed by atoms with Gasteiger partial charge in [-0.15, -0.1) is 24.0 Å². The fraction of sp³-hybridized carbons (Fsp3) is 0.632. The van der Waals surface area contributed by atoms with Crippen molar-refractivity contribution in [3.05, 3.63) is 23.3 Å². The van der Waals surface area contributed by atoms with Gasteiger partial charge in [0.05, 0.1) is 14.2 Å². The van der Waals surface area contributed by atoms with Gasteiger partial charge in [0, 0.05) is 39.8 Å². The van der Waals surface area contributed by atoms with Gasteiger partial charge in [0.1, 0.15) is 0 Å². The van der Waals surface area contributed by atoms with Gasteiger partial charge in [-0.2, -0.15) is 0 Å². The van der Waals surface area contributed by atoms with E-state index in [1.165, 1.54) is 24.0 Å². The van der Waals surface area contributed by atoms with Crippen LogP contribution in [0.1, 0.15) is 24.0 Å². The molecular formula is C19H31IN4O2. The average molecular weight is 474 g/mol. The second kappa shape index (κ2) is 10.2. The van der Waals surface area contributed by atoms with E-state index >= 15 is 0 Å². The van der Waals surface area contributed by atoms with E-state index in [4.69, 9.17) is 9.47 Å². The molecule has 7 heteroatoms. The minimum Gasteiger partial charge on any atom is -0.493 e. The maximum atomic E-state index is 5.44. The molecule has 0 aromatic heterocycles. The SMILES string of the molecule is CN=C(NCCN1CCc2cc(OC)c(OC)cc2C1)NCC1CC1.I. The first-order chi connectivity index (χ1) is 12.2. The van der Waals surface area contributed by atoms with E-state index < -0.39 is 0 Å². The first-order valence-corrected chi connectivity index (χ1v) is 9.14. The molecule has 0 unspecified atom stereocenters. The summed E-state index contributed by atoms with van der Waals surface area (Å²) in [5, 5.41) is 6.82. The number of hydrogen-bond acceptors (Lipinski definition) is 4. The molecule has 0 radical (unpaired) electrons. The average Bonchev–Trinajstić information content (AvgIpc) is 3.47. The molecule has 26 heavy (non-hydrogen) atoms. The predicted molar refractivity (Wildman–Crippen MR) is 116 cm³/mol. The highest BCUT2D eigenvalue weighted by Gasteiger charge is 2.21. The molecule has 0 amide bonds. The van der Waals surface area contributed by atoms with Crippen molar-refractivity contribution in [2.45, 2.75) is 25.8 Å². The van der Waals surface area contributed by atoms with Gasteiger partial charge in [0.2, 0.25) is 0 Å². The largest absolute Gasteiger partial charge is 0.493 e. The number of nitrogens with one attached hydrogen (secondary N) is 2. The lowest BCUT2D eigenvalue weighted by molar-refractivity contribution is 0.256. The standard InChI is InChI=1S/C19H30N4O2.HI/c1-20-19(22-12-14-4-5-14)21-7-9-23-8-6-15-10-17(24-2)18(25-3)11-16(15)13-23;/h10-11,14H,4-9,12-13H2,1-3H3,(H2,20,21,22);1H. The van der Waals surface area contributed by atoms with Crippen molar-refractivity contribution in [3.8, 4) is 11.5 Å². The number of methoxy groups -OCH3 is 2. The third-order valence-corrected chi connectivity index (χ3v) is 5.00. The van der Waals surface area contributed by atoms with E-state index in [1.54, 1.807) is 14.2 Å². The van der Waals surface area contributed by atoms with E-state index in [0.717, 1.165) is 62.5 Å². The monoisotopic (exact) mass is 474 g/mol. The van der Waals surface area contributed by atoms with Crippen LogP contribution in [0.4, 0.5) is 0 Å². The second-order valence-corrected chi connectivity index (χ2v) is 6.83. The molecule has 0 saturated heterocycles. The van der Waals surface area contributed by atoms with Crippen LogP contribution in [0.2, 0.25) is 0 Å². The Kier molecular flexibility index (Phi) is 8.27. The van der Waals surface area contributed by atoms with Crippen LogP contribution >= 0.6 is 24.0 Å². The Hall–Kier alpha value is -1.22. The number of halogens is 1. The number of ether oxygens (including phenoxy) is 2. The van der Waals surface area contributed by atoms with Gasteiger partial charge < -0.3 is 20.1 Å². The lowest BCUT2D eigenvalue weighted by Crippen LogP contribution is -2.43. The number of benzene rings is 1. The van der Waals surface area contributed by atoms with Crippen molar-refractivity contribution in [3.63, 3.8) is 0 Å². The van der Waals surface area contributed by atoms with Crippen LogP contribution in [0, 0.1) is 5.92 Å². The molecule has 0 bridgehead atoms. The summed E-state index contributed by atoms with van der Waals surface area (Å²) in [6, 6.07) is 4.23. The summed E-state index contributed by atoms with van der Waals surface area (Å²) >= 11 is 0. The smallest absolute Gasteiger partial charge is 0.191 e. The molecule has 0 spiro atoms. The van der Waals surface area contributed by atoms with Crippen LogP contribution in [0.3, 0.4) is 0 Å². The van der Waals surface area contributed by atoms with E-state index in [2.05, 4.69) is 32.7 Å². The third kappa shape index (κ3) is 5.64. The Bertz CT molecular complexity index is 620. The van der Waals surface area contributed by atoms with E-state index in [0.29, 0.717) is 0 Å². The molecule has 146 valence electrons. The van der Waals surface area contributed by atoms with Crippen LogP contribution in [0.5, 0.6) is 11.5 Å². The number of hydrogen-bond donors (Lipinski definition) is 2. The topological polar surface area (TPSA) is 58.1 Å². The Labute approximate surface area is 173 Å². The van der Waals surface area contributed by atoms with Crippen LogP contribution in [0.15, 0.2) is 17.1 Å². The van der Waals surface area contributed by atoms with Gasteiger partial charge in [-0.3, -0.25) is 9.89 Å². The molecule has 1 aliphatic heterocycles. The van der Waals surface area contributed by atoms with Gasteiger partial charge in [0.25, 0.3) is 0 Å². The summed E-state index contributed by atoms with van der Waals surface area (Å²) in [7, 11) is 5.21. The second-order valence-electron chi connectivity index (χ2n) is 6.83. The van der Waals surface area contributed by atoms with E-state index in [1.807, 2.05) is 7.05 Å². The van der Waals surface area contributed by atoms with Crippen LogP contribution in [-0.2, 0) is 13.0 Å². The molecule has 2 N–H and O–H groups in total. The maximum absolute atomic E-state index is 5.44. The van der Waals surface area contributed by atoms with Crippen LogP contribution in [0.25, 0.3) is 0 Å². The van der Waals surface area contributed by atoms with E-state index in [9.17, 15) is 0 Å². The first kappa shape index (κ1) is 21.1. The fourth-order valence-electron chi connectivity index (χ4n) is 3.25. The Morgan fingerprint density at radius 3 is 2.46 bits per heavy atom. The van der Waals surface area contributed by atoms with Gasteiger partial charge >= 0.3 is 0 Å². The zero-order chi connectivity index (χ0) is 17.6. The van der Waals surface area contributed by atoms with Crippen LogP contribution in [-0.4, -0.2) is 58.3 Å². The zero-order valence-corrected chi connectivity index (χ0v) is 18.3. The fourth-order valence-corrected chi connectivity index (χ4v) is 3.25. The van der Waals surface area contributed by atoms with Crippen molar-refractivity contribution in [2.75, 3.05) is 47.4 Å². The molecule has 6 nitrogen and oxygen atoms in total. The number of guanidine groups is 1. The summed E-state index contributed by atoms with van der Waals surface area (Å²) in [6.07, 6.45) is 3.75. The molecule has 1 heterocycles. The highest BCUT2D eigenvalue weighted by atomic mass is 127. The summed E-state index contributed by atoms with van der Waals surface area (Å²) in [6.45, 7) is 4.95. The zero-order valence-electron chi connectivity index (χ0n) is 16.0. The molecule has 1 aromatic rings. The minimum atomic E-state index is 0. The quantitative estimate of drug-likeness (QED) is 0.361. The normalized spacial score (nSPS) is 17.1. The van der Waals surface area contributed by atoms with Crippen molar-refractivity contribution in [1.82, 2.24) is 15.5 Å². The molecule has 1 aromatic carbocycles. The number of aliphatic imine (C=N–C) groups is 1. The first-order valence-electron chi connectivity index (χ1n) is 9.14. The Morgan fingerprint density at radius 2 is 1.85 bits per heavy atom. The van der Waals surface area contributed by atoms with Crippen molar-refractivity contribution >= 4 is 29.9 Å². The predicted octanol–water partition coefficient (Wildman–Crippen LogP) is 2.25. The van der Waals surface area contributed by atoms with Crippen molar-refractivity contribution in [1.29, 1.82) is 0 Å². The molecule has 1 saturated carbocycles. The number of rotatable bonds is 7. The lowest BCUT2D eigenvalue weighted by Gasteiger charge is -2.29. The molecule has 0 atom stereocenters. The van der Waals surface area contributed by atoms with Crippen molar-refractivity contribution in [2.24, 2.45) is 10.9 Å². The summed E-state index contributed by atoms with van der Waals surface area (Å²) in [4.78, 5) is 6.76. The van der Waals surface area contributed by atoms with E-state index in [-0.39, 0.29) is 24.0 Å².